The van der Waals surface area contributed by atoms with Gasteiger partial charge in [0.25, 0.3) is 0 Å². The fourth-order valence-corrected chi connectivity index (χ4v) is 11.3. The Bertz CT molecular complexity index is 894. The van der Waals surface area contributed by atoms with Crippen molar-refractivity contribution in [1.82, 2.24) is 0 Å². The molecule has 0 aromatic heterocycles. The van der Waals surface area contributed by atoms with Gasteiger partial charge in [-0.05, 0) is 67.5 Å². The van der Waals surface area contributed by atoms with Crippen LogP contribution in [0.15, 0.2) is 48.5 Å². The summed E-state index contributed by atoms with van der Waals surface area (Å²) < 4.78 is 59.2. The molecule has 0 heterocycles. The Labute approximate surface area is 231 Å². The minimum absolute atomic E-state index is 0. The SMILES string of the molecule is CC(C)[PH+](c1ccccc1/C=C/c1ccccc1[PH+](C(C)C)C(C)C)C(C)C.F[P-](F)(F)(F)(F)F.[Ag+]. The fourth-order valence-electron chi connectivity index (χ4n) is 4.57. The molecule has 0 saturated heterocycles. The third-order valence-corrected chi connectivity index (χ3v) is 12.6. The maximum absolute atomic E-state index is 10.7. The molecule has 2 aromatic carbocycles. The minimum Gasteiger partial charge on any atom is 1.00 e. The Morgan fingerprint density at radius 3 is 0.972 bits per heavy atom. The van der Waals surface area contributed by atoms with Crippen LogP contribution in [0, 0.1) is 0 Å². The molecule has 0 saturated carbocycles. The topological polar surface area (TPSA) is 0 Å². The van der Waals surface area contributed by atoms with E-state index in [1.54, 1.807) is 10.6 Å². The Balaban J connectivity index is 0.00000134. The van der Waals surface area contributed by atoms with Crippen LogP contribution in [0.3, 0.4) is 0 Å². The molecule has 36 heavy (non-hydrogen) atoms. The molecule has 0 unspecified atom stereocenters. The van der Waals surface area contributed by atoms with E-state index >= 15 is 0 Å². The van der Waals surface area contributed by atoms with Crippen LogP contribution in [0.4, 0.5) is 25.2 Å². The van der Waals surface area contributed by atoms with Gasteiger partial charge in [-0.25, -0.2) is 0 Å². The first-order chi connectivity index (χ1) is 15.7. The van der Waals surface area contributed by atoms with Gasteiger partial charge in [-0.3, -0.25) is 0 Å². The predicted molar refractivity (Wildman–Crippen MR) is 152 cm³/mol. The van der Waals surface area contributed by atoms with Gasteiger partial charge >= 0.3 is 55.4 Å². The summed E-state index contributed by atoms with van der Waals surface area (Å²) >= 11 is 0. The molecule has 0 amide bonds. The largest absolute Gasteiger partial charge is 1.00 e. The van der Waals surface area contributed by atoms with Crippen molar-refractivity contribution in [3.8, 4) is 0 Å². The van der Waals surface area contributed by atoms with Gasteiger partial charge < -0.3 is 0 Å². The van der Waals surface area contributed by atoms with Crippen molar-refractivity contribution in [3.63, 3.8) is 0 Å². The number of rotatable bonds is 8. The van der Waals surface area contributed by atoms with Crippen molar-refractivity contribution in [1.29, 1.82) is 0 Å². The van der Waals surface area contributed by atoms with Crippen LogP contribution in [-0.2, 0) is 22.4 Å². The Hall–Kier alpha value is -0.210. The molecule has 0 atom stereocenters. The molecule has 0 N–H and O–H groups in total. The number of hydrogen-bond acceptors (Lipinski definition) is 0. The Kier molecular flexibility index (Phi) is 13.2. The van der Waals surface area contributed by atoms with Crippen LogP contribution < -0.4 is 10.6 Å². The standard InChI is InChI=1S/C26H38P2.Ag.F6P/c1-19(2)27(20(3)4)25-15-11-9-13-23(25)17-18-24-14-10-12-16-26(24)28(21(5)6)22(7)8;;1-7(2,3,4,5)6/h9-22H,1-8H3;;/q;+1;-1/p+2/b18-17+;;. The quantitative estimate of drug-likeness (QED) is 0.114. The molecule has 0 spiro atoms. The molecule has 0 bridgehead atoms. The van der Waals surface area contributed by atoms with E-state index in [2.05, 4.69) is 116 Å². The van der Waals surface area contributed by atoms with Gasteiger partial charge in [0.05, 0.1) is 33.2 Å². The first kappa shape index (κ1) is 35.8. The summed E-state index contributed by atoms with van der Waals surface area (Å²) in [5.41, 5.74) is 5.78. The molecule has 0 radical (unpaired) electrons. The molecule has 2 aromatic rings. The van der Waals surface area contributed by atoms with E-state index in [1.807, 2.05) is 0 Å². The summed E-state index contributed by atoms with van der Waals surface area (Å²) in [7, 11) is -11.8. The second-order valence-electron chi connectivity index (χ2n) is 10.00. The molecular weight excluding hydrogens is 627 g/mol. The van der Waals surface area contributed by atoms with Crippen molar-refractivity contribution >= 4 is 46.4 Å². The zero-order chi connectivity index (χ0) is 27.3. The first-order valence-electron chi connectivity index (χ1n) is 11.9. The van der Waals surface area contributed by atoms with Crippen molar-refractivity contribution in [2.75, 3.05) is 0 Å². The molecular formula is C26H40AgF6P3+2. The summed E-state index contributed by atoms with van der Waals surface area (Å²) in [6.45, 7) is 19.1. The minimum atomic E-state index is -10.7. The second-order valence-corrected chi connectivity index (χ2v) is 19.4. The van der Waals surface area contributed by atoms with Gasteiger partial charge in [0.2, 0.25) is 0 Å². The van der Waals surface area contributed by atoms with E-state index in [1.165, 1.54) is 11.1 Å². The Morgan fingerprint density at radius 2 is 0.750 bits per heavy atom. The summed E-state index contributed by atoms with van der Waals surface area (Å²) in [5.74, 6) is 0. The summed E-state index contributed by atoms with van der Waals surface area (Å²) in [5, 5.41) is 3.17. The number of hydrogen-bond donors (Lipinski definition) is 0. The van der Waals surface area contributed by atoms with Crippen LogP contribution in [0.25, 0.3) is 12.2 Å². The zero-order valence-electron chi connectivity index (χ0n) is 22.1. The number of halogens is 6. The fraction of sp³-hybridized carbons (Fsp3) is 0.462. The molecule has 0 aliphatic carbocycles. The average molecular weight is 667 g/mol. The first-order valence-corrected chi connectivity index (χ1v) is 17.2. The monoisotopic (exact) mass is 666 g/mol. The normalized spacial score (nSPS) is 14.3. The zero-order valence-corrected chi connectivity index (χ0v) is 26.5. The van der Waals surface area contributed by atoms with Crippen molar-refractivity contribution in [2.45, 2.75) is 78.0 Å². The van der Waals surface area contributed by atoms with Gasteiger partial charge in [0.15, 0.2) is 0 Å². The van der Waals surface area contributed by atoms with Crippen molar-refractivity contribution in [2.24, 2.45) is 0 Å². The van der Waals surface area contributed by atoms with E-state index in [-0.39, 0.29) is 22.4 Å². The van der Waals surface area contributed by atoms with Crippen molar-refractivity contribution in [3.05, 3.63) is 59.7 Å². The van der Waals surface area contributed by atoms with Gasteiger partial charge in [0, 0.05) is 27.0 Å². The third-order valence-electron chi connectivity index (χ3n) is 5.47. The predicted octanol–water partition coefficient (Wildman–Crippen LogP) is 10.5. The molecule has 10 heteroatoms. The molecule has 0 fully saturated rings. The molecule has 0 nitrogen and oxygen atoms in total. The summed E-state index contributed by atoms with van der Waals surface area (Å²) in [4.78, 5) is 0. The van der Waals surface area contributed by atoms with E-state index < -0.39 is 23.7 Å². The smallest absolute Gasteiger partial charge is 1.00 e. The van der Waals surface area contributed by atoms with Gasteiger partial charge in [-0.2, -0.15) is 0 Å². The summed E-state index contributed by atoms with van der Waals surface area (Å²) in [6.07, 6.45) is 4.76. The van der Waals surface area contributed by atoms with Gasteiger partial charge in [0.1, 0.15) is 0 Å². The van der Waals surface area contributed by atoms with Crippen LogP contribution >= 0.6 is 23.7 Å². The van der Waals surface area contributed by atoms with Gasteiger partial charge in [-0.1, -0.05) is 48.6 Å². The molecule has 0 aliphatic heterocycles. The molecule has 0 aliphatic rings. The maximum Gasteiger partial charge on any atom is 1.00 e. The van der Waals surface area contributed by atoms with E-state index in [0.29, 0.717) is 0 Å². The van der Waals surface area contributed by atoms with Crippen molar-refractivity contribution < 1.29 is 47.6 Å². The second kappa shape index (κ2) is 13.2. The van der Waals surface area contributed by atoms with E-state index in [4.69, 9.17) is 0 Å². The van der Waals surface area contributed by atoms with Gasteiger partial charge in [-0.15, -0.1) is 0 Å². The average Bonchev–Trinajstić information content (AvgIpc) is 2.64. The van der Waals surface area contributed by atoms with Crippen LogP contribution in [0.5, 0.6) is 0 Å². The van der Waals surface area contributed by atoms with Crippen LogP contribution in [0.1, 0.15) is 66.5 Å². The van der Waals surface area contributed by atoms with E-state index in [0.717, 1.165) is 22.6 Å². The molecule has 2 rings (SSSR count). The third kappa shape index (κ3) is 14.1. The maximum atomic E-state index is 9.87. The Morgan fingerprint density at radius 1 is 0.528 bits per heavy atom. The van der Waals surface area contributed by atoms with Crippen LogP contribution in [0.2, 0.25) is 0 Å². The number of benzene rings is 2. The molecule has 210 valence electrons. The van der Waals surface area contributed by atoms with E-state index in [9.17, 15) is 25.2 Å². The summed E-state index contributed by atoms with van der Waals surface area (Å²) in [6, 6.07) is 18.2. The van der Waals surface area contributed by atoms with Crippen LogP contribution in [-0.4, -0.2) is 22.6 Å².